The number of likely N-dealkylation sites (tertiary alicyclic amines) is 1. The minimum Gasteiger partial charge on any atom is -0.342 e. The lowest BCUT2D eigenvalue weighted by molar-refractivity contribution is -0.129. The number of carbonyl (C=O) groups excluding carboxylic acids is 1. The van der Waals surface area contributed by atoms with Crippen molar-refractivity contribution in [1.29, 1.82) is 0 Å². The molecule has 1 atom stereocenters. The highest BCUT2D eigenvalue weighted by Gasteiger charge is 2.35. The van der Waals surface area contributed by atoms with Gasteiger partial charge in [0.2, 0.25) is 5.91 Å². The minimum atomic E-state index is 0.0376. The Morgan fingerprint density at radius 1 is 1.30 bits per heavy atom. The van der Waals surface area contributed by atoms with E-state index in [2.05, 4.69) is 32.2 Å². The van der Waals surface area contributed by atoms with Crippen molar-refractivity contribution in [3.05, 3.63) is 49.1 Å². The van der Waals surface area contributed by atoms with Crippen LogP contribution in [0.15, 0.2) is 49.1 Å². The molecule has 1 fully saturated rings. The third-order valence-electron chi connectivity index (χ3n) is 4.27. The Morgan fingerprint density at radius 2 is 2.05 bits per heavy atom. The topological polar surface area (TPSA) is 20.3 Å². The zero-order valence-corrected chi connectivity index (χ0v) is 12.9. The normalized spacial score (nSPS) is 24.5. The molecule has 0 spiro atoms. The highest BCUT2D eigenvalue weighted by Crippen LogP contribution is 2.40. The first kappa shape index (κ1) is 16.5. The van der Waals surface area contributed by atoms with E-state index in [9.17, 15) is 4.79 Å². The molecular formula is C18H27NO. The maximum atomic E-state index is 11.8. The third-order valence-corrected chi connectivity index (χ3v) is 4.27. The molecule has 0 aromatic heterocycles. The lowest BCUT2D eigenvalue weighted by Gasteiger charge is -2.36. The van der Waals surface area contributed by atoms with Gasteiger partial charge in [-0.2, -0.15) is 0 Å². The molecule has 1 unspecified atom stereocenters. The van der Waals surface area contributed by atoms with E-state index < -0.39 is 0 Å². The molecule has 0 N–H and O–H groups in total. The Kier molecular flexibility index (Phi) is 6.50. The second-order valence-corrected chi connectivity index (χ2v) is 5.48. The first-order chi connectivity index (χ1) is 9.59. The Bertz CT molecular complexity index is 419. The van der Waals surface area contributed by atoms with Crippen molar-refractivity contribution in [2.45, 2.75) is 39.5 Å². The summed E-state index contributed by atoms with van der Waals surface area (Å²) in [4.78, 5) is 13.8. The van der Waals surface area contributed by atoms with E-state index in [1.165, 1.54) is 5.57 Å². The molecule has 110 valence electrons. The van der Waals surface area contributed by atoms with Crippen molar-refractivity contribution in [1.82, 2.24) is 4.90 Å². The molecule has 1 rings (SSSR count). The molecule has 1 aliphatic rings. The third kappa shape index (κ3) is 3.96. The average molecular weight is 273 g/mol. The number of amides is 1. The second-order valence-electron chi connectivity index (χ2n) is 5.48. The van der Waals surface area contributed by atoms with Gasteiger partial charge in [-0.15, -0.1) is 0 Å². The van der Waals surface area contributed by atoms with Crippen LogP contribution in [-0.4, -0.2) is 23.9 Å². The summed E-state index contributed by atoms with van der Waals surface area (Å²) < 4.78 is 0. The molecule has 0 aromatic rings. The minimum absolute atomic E-state index is 0.0376. The van der Waals surface area contributed by atoms with Crippen molar-refractivity contribution in [3.63, 3.8) is 0 Å². The molecule has 0 aromatic carbocycles. The molecule has 0 saturated carbocycles. The van der Waals surface area contributed by atoms with Crippen LogP contribution in [0.1, 0.15) is 39.5 Å². The van der Waals surface area contributed by atoms with Crippen molar-refractivity contribution in [2.24, 2.45) is 5.41 Å². The number of carbonyl (C=O) groups is 1. The fourth-order valence-corrected chi connectivity index (χ4v) is 2.99. The fraction of sp³-hybridized carbons (Fsp3) is 0.500. The molecule has 1 amide bonds. The van der Waals surface area contributed by atoms with Gasteiger partial charge in [-0.3, -0.25) is 4.79 Å². The van der Waals surface area contributed by atoms with E-state index in [1.807, 2.05) is 17.1 Å². The number of nitrogens with zero attached hydrogens (tertiary/aromatic N) is 1. The molecule has 0 aliphatic carbocycles. The van der Waals surface area contributed by atoms with Crippen molar-refractivity contribution in [2.75, 3.05) is 13.1 Å². The first-order valence-corrected chi connectivity index (χ1v) is 7.47. The van der Waals surface area contributed by atoms with Crippen molar-refractivity contribution < 1.29 is 4.79 Å². The standard InChI is InChI=1S/C18H27NO/c1-5-8-12-17(11-6-2)18(7-3)13-9-10-14-19(15-18)16(4)20/h5-6,8,11-12H,1-2,7,9-10,13-15H2,3-4H3/b12-8-,17-11+. The molecule has 1 aliphatic heterocycles. The number of hydrogen-bond acceptors (Lipinski definition) is 1. The SMILES string of the molecule is C=C/C=C\C(=C/C=C)C1(CC)CCCCN(C(C)=O)C1. The van der Waals surface area contributed by atoms with Gasteiger partial charge in [0.15, 0.2) is 0 Å². The molecular weight excluding hydrogens is 246 g/mol. The molecule has 2 heteroatoms. The van der Waals surface area contributed by atoms with Gasteiger partial charge in [-0.1, -0.05) is 56.9 Å². The quantitative estimate of drug-likeness (QED) is 0.685. The summed E-state index contributed by atoms with van der Waals surface area (Å²) in [5.41, 5.74) is 1.29. The zero-order valence-electron chi connectivity index (χ0n) is 12.9. The Labute approximate surface area is 123 Å². The highest BCUT2D eigenvalue weighted by atomic mass is 16.2. The molecule has 0 radical (unpaired) electrons. The van der Waals surface area contributed by atoms with Crippen LogP contribution in [0, 0.1) is 5.41 Å². The number of hydrogen-bond donors (Lipinski definition) is 0. The fourth-order valence-electron chi connectivity index (χ4n) is 2.99. The molecule has 2 nitrogen and oxygen atoms in total. The monoisotopic (exact) mass is 273 g/mol. The smallest absolute Gasteiger partial charge is 0.219 e. The average Bonchev–Trinajstić information content (AvgIpc) is 2.67. The predicted octanol–water partition coefficient (Wildman–Crippen LogP) is 4.27. The first-order valence-electron chi connectivity index (χ1n) is 7.47. The zero-order chi connectivity index (χ0) is 15.0. The Balaban J connectivity index is 3.16. The van der Waals surface area contributed by atoms with Crippen LogP contribution in [0.2, 0.25) is 0 Å². The summed E-state index contributed by atoms with van der Waals surface area (Å²) in [5.74, 6) is 0.176. The Morgan fingerprint density at radius 3 is 2.60 bits per heavy atom. The summed E-state index contributed by atoms with van der Waals surface area (Å²) >= 11 is 0. The van der Waals surface area contributed by atoms with Gasteiger partial charge in [0.25, 0.3) is 0 Å². The van der Waals surface area contributed by atoms with Gasteiger partial charge in [0.05, 0.1) is 0 Å². The van der Waals surface area contributed by atoms with Gasteiger partial charge in [0, 0.05) is 25.4 Å². The van der Waals surface area contributed by atoms with Crippen LogP contribution in [0.3, 0.4) is 0 Å². The predicted molar refractivity (Wildman–Crippen MR) is 86.4 cm³/mol. The molecule has 20 heavy (non-hydrogen) atoms. The molecule has 0 bridgehead atoms. The molecule has 1 heterocycles. The Hall–Kier alpha value is -1.57. The second kappa shape index (κ2) is 7.88. The van der Waals surface area contributed by atoms with Crippen LogP contribution >= 0.6 is 0 Å². The lowest BCUT2D eigenvalue weighted by atomic mass is 9.73. The van der Waals surface area contributed by atoms with Gasteiger partial charge >= 0.3 is 0 Å². The van der Waals surface area contributed by atoms with E-state index in [-0.39, 0.29) is 11.3 Å². The van der Waals surface area contributed by atoms with Crippen LogP contribution in [-0.2, 0) is 4.79 Å². The van der Waals surface area contributed by atoms with Gasteiger partial charge < -0.3 is 4.90 Å². The van der Waals surface area contributed by atoms with Crippen molar-refractivity contribution >= 4 is 5.91 Å². The van der Waals surface area contributed by atoms with Gasteiger partial charge in [0.1, 0.15) is 0 Å². The molecule has 1 saturated heterocycles. The van der Waals surface area contributed by atoms with E-state index in [1.54, 1.807) is 13.0 Å². The lowest BCUT2D eigenvalue weighted by Crippen LogP contribution is -2.39. The largest absolute Gasteiger partial charge is 0.342 e. The van der Waals surface area contributed by atoms with Crippen LogP contribution < -0.4 is 0 Å². The summed E-state index contributed by atoms with van der Waals surface area (Å²) in [6.45, 7) is 13.1. The van der Waals surface area contributed by atoms with Gasteiger partial charge in [-0.25, -0.2) is 0 Å². The van der Waals surface area contributed by atoms with Crippen LogP contribution in [0.4, 0.5) is 0 Å². The van der Waals surface area contributed by atoms with Crippen LogP contribution in [0.25, 0.3) is 0 Å². The summed E-state index contributed by atoms with van der Waals surface area (Å²) in [6.07, 6.45) is 14.2. The summed E-state index contributed by atoms with van der Waals surface area (Å²) in [6, 6.07) is 0. The maximum absolute atomic E-state index is 11.8. The van der Waals surface area contributed by atoms with E-state index in [4.69, 9.17) is 0 Å². The van der Waals surface area contributed by atoms with E-state index in [0.29, 0.717) is 0 Å². The summed E-state index contributed by atoms with van der Waals surface area (Å²) in [5, 5.41) is 0. The van der Waals surface area contributed by atoms with Crippen molar-refractivity contribution in [3.8, 4) is 0 Å². The number of allylic oxidation sites excluding steroid dienone is 5. The van der Waals surface area contributed by atoms with E-state index in [0.717, 1.165) is 38.8 Å². The van der Waals surface area contributed by atoms with Gasteiger partial charge in [-0.05, 0) is 24.8 Å². The maximum Gasteiger partial charge on any atom is 0.219 e. The van der Waals surface area contributed by atoms with E-state index >= 15 is 0 Å². The summed E-state index contributed by atoms with van der Waals surface area (Å²) in [7, 11) is 0. The number of rotatable bonds is 5. The van der Waals surface area contributed by atoms with Crippen LogP contribution in [0.5, 0.6) is 0 Å². The highest BCUT2D eigenvalue weighted by molar-refractivity contribution is 5.73.